The zero-order valence-corrected chi connectivity index (χ0v) is 10.7. The van der Waals surface area contributed by atoms with Gasteiger partial charge in [0, 0.05) is 15.8 Å². The average Bonchev–Trinajstić information content (AvgIpc) is 2.20. The lowest BCUT2D eigenvalue weighted by Gasteiger charge is -2.07. The highest BCUT2D eigenvalue weighted by Crippen LogP contribution is 2.16. The summed E-state index contributed by atoms with van der Waals surface area (Å²) in [7, 11) is 0. The number of halogens is 1. The van der Waals surface area contributed by atoms with Crippen LogP contribution in [-0.2, 0) is 0 Å². The van der Waals surface area contributed by atoms with E-state index in [1.807, 2.05) is 25.1 Å². The van der Waals surface area contributed by atoms with Crippen molar-refractivity contribution >= 4 is 34.3 Å². The fourth-order valence-corrected chi connectivity index (χ4v) is 1.53. The standard InChI is InChI=1S/C11H13IN2O/c1-3-6-13-11(15)14-9-5-4-8(2)10(12)7-9/h3-5,7H,1,6H2,2H3,(H2,13,14,15). The van der Waals surface area contributed by atoms with Crippen LogP contribution in [0.15, 0.2) is 30.9 Å². The monoisotopic (exact) mass is 316 g/mol. The van der Waals surface area contributed by atoms with Crippen molar-refractivity contribution in [3.63, 3.8) is 0 Å². The molecule has 0 saturated heterocycles. The number of anilines is 1. The summed E-state index contributed by atoms with van der Waals surface area (Å²) in [5, 5.41) is 5.39. The van der Waals surface area contributed by atoms with Crippen molar-refractivity contribution in [1.82, 2.24) is 5.32 Å². The Hall–Kier alpha value is -1.04. The van der Waals surface area contributed by atoms with Crippen LogP contribution in [-0.4, -0.2) is 12.6 Å². The van der Waals surface area contributed by atoms with E-state index in [1.54, 1.807) is 6.08 Å². The molecule has 2 N–H and O–H groups in total. The summed E-state index contributed by atoms with van der Waals surface area (Å²) in [5.41, 5.74) is 2.00. The van der Waals surface area contributed by atoms with E-state index in [0.717, 1.165) is 9.26 Å². The van der Waals surface area contributed by atoms with Gasteiger partial charge < -0.3 is 10.6 Å². The second kappa shape index (κ2) is 5.75. The number of amides is 2. The maximum atomic E-state index is 11.3. The predicted molar refractivity (Wildman–Crippen MR) is 71.1 cm³/mol. The quantitative estimate of drug-likeness (QED) is 0.653. The van der Waals surface area contributed by atoms with Gasteiger partial charge in [-0.15, -0.1) is 6.58 Å². The van der Waals surface area contributed by atoms with Gasteiger partial charge in [0.1, 0.15) is 0 Å². The zero-order chi connectivity index (χ0) is 11.3. The van der Waals surface area contributed by atoms with Gasteiger partial charge >= 0.3 is 6.03 Å². The average molecular weight is 316 g/mol. The van der Waals surface area contributed by atoms with E-state index in [9.17, 15) is 4.79 Å². The molecule has 0 spiro atoms. The fraction of sp³-hybridized carbons (Fsp3) is 0.182. The summed E-state index contributed by atoms with van der Waals surface area (Å²) < 4.78 is 1.13. The van der Waals surface area contributed by atoms with Crippen molar-refractivity contribution in [2.24, 2.45) is 0 Å². The Labute approximate surface area is 103 Å². The van der Waals surface area contributed by atoms with Crippen molar-refractivity contribution < 1.29 is 4.79 Å². The van der Waals surface area contributed by atoms with Crippen LogP contribution in [0.3, 0.4) is 0 Å². The topological polar surface area (TPSA) is 41.1 Å². The van der Waals surface area contributed by atoms with Crippen LogP contribution in [0.4, 0.5) is 10.5 Å². The molecule has 0 unspecified atom stereocenters. The summed E-state index contributed by atoms with van der Waals surface area (Å²) >= 11 is 2.24. The largest absolute Gasteiger partial charge is 0.334 e. The zero-order valence-electron chi connectivity index (χ0n) is 8.51. The molecule has 3 nitrogen and oxygen atoms in total. The molecule has 0 aliphatic rings. The Balaban J connectivity index is 2.60. The molecule has 1 aromatic carbocycles. The third-order valence-corrected chi connectivity index (χ3v) is 3.00. The Kier molecular flexibility index (Phi) is 4.61. The summed E-state index contributed by atoms with van der Waals surface area (Å²) in [6, 6.07) is 5.58. The van der Waals surface area contributed by atoms with Gasteiger partial charge in [0.15, 0.2) is 0 Å². The number of carbonyl (C=O) groups excluding carboxylic acids is 1. The van der Waals surface area contributed by atoms with Crippen molar-refractivity contribution in [3.05, 3.63) is 40.0 Å². The summed E-state index contributed by atoms with van der Waals surface area (Å²) in [6.07, 6.45) is 1.64. The second-order valence-corrected chi connectivity index (χ2v) is 4.25. The van der Waals surface area contributed by atoms with Crippen LogP contribution in [0, 0.1) is 10.5 Å². The number of carbonyl (C=O) groups is 1. The molecule has 0 heterocycles. The van der Waals surface area contributed by atoms with E-state index in [4.69, 9.17) is 0 Å². The van der Waals surface area contributed by atoms with Crippen LogP contribution in [0.1, 0.15) is 5.56 Å². The molecule has 0 bridgehead atoms. The Morgan fingerprint density at radius 1 is 1.60 bits per heavy atom. The van der Waals surface area contributed by atoms with E-state index in [0.29, 0.717) is 6.54 Å². The lowest BCUT2D eigenvalue weighted by atomic mass is 10.2. The lowest BCUT2D eigenvalue weighted by molar-refractivity contribution is 0.253. The minimum absolute atomic E-state index is 0.213. The molecule has 15 heavy (non-hydrogen) atoms. The van der Waals surface area contributed by atoms with Gasteiger partial charge in [0.2, 0.25) is 0 Å². The number of rotatable bonds is 3. The minimum Gasteiger partial charge on any atom is -0.334 e. The van der Waals surface area contributed by atoms with E-state index >= 15 is 0 Å². The molecule has 0 radical (unpaired) electrons. The molecule has 0 saturated carbocycles. The van der Waals surface area contributed by atoms with Gasteiger partial charge in [0.25, 0.3) is 0 Å². The molecule has 0 aromatic heterocycles. The Morgan fingerprint density at radius 3 is 2.93 bits per heavy atom. The number of nitrogens with one attached hydrogen (secondary N) is 2. The molecule has 1 rings (SSSR count). The molecular weight excluding hydrogens is 303 g/mol. The predicted octanol–water partition coefficient (Wildman–Crippen LogP) is 2.91. The number of benzene rings is 1. The maximum Gasteiger partial charge on any atom is 0.319 e. The summed E-state index contributed by atoms with van der Waals surface area (Å²) in [5.74, 6) is 0. The molecule has 2 amide bonds. The van der Waals surface area contributed by atoms with Crippen LogP contribution in [0.25, 0.3) is 0 Å². The minimum atomic E-state index is -0.213. The van der Waals surface area contributed by atoms with E-state index in [-0.39, 0.29) is 6.03 Å². The number of aryl methyl sites for hydroxylation is 1. The lowest BCUT2D eigenvalue weighted by Crippen LogP contribution is -2.28. The van der Waals surface area contributed by atoms with E-state index in [2.05, 4.69) is 39.8 Å². The van der Waals surface area contributed by atoms with E-state index in [1.165, 1.54) is 5.56 Å². The van der Waals surface area contributed by atoms with Gasteiger partial charge in [-0.1, -0.05) is 12.1 Å². The number of urea groups is 1. The molecule has 0 aliphatic carbocycles. The second-order valence-electron chi connectivity index (χ2n) is 3.09. The van der Waals surface area contributed by atoms with Crippen molar-refractivity contribution in [2.75, 3.05) is 11.9 Å². The first-order chi connectivity index (χ1) is 7.13. The van der Waals surface area contributed by atoms with Crippen LogP contribution >= 0.6 is 22.6 Å². The normalized spacial score (nSPS) is 9.47. The Morgan fingerprint density at radius 2 is 2.33 bits per heavy atom. The Bertz CT molecular complexity index is 377. The third kappa shape index (κ3) is 3.91. The van der Waals surface area contributed by atoms with Crippen LogP contribution in [0.2, 0.25) is 0 Å². The molecule has 1 aromatic rings. The van der Waals surface area contributed by atoms with Gasteiger partial charge in [-0.2, -0.15) is 0 Å². The van der Waals surface area contributed by atoms with Gasteiger partial charge in [-0.3, -0.25) is 0 Å². The highest BCUT2D eigenvalue weighted by Gasteiger charge is 2.01. The van der Waals surface area contributed by atoms with Crippen molar-refractivity contribution in [1.29, 1.82) is 0 Å². The van der Waals surface area contributed by atoms with Crippen molar-refractivity contribution in [2.45, 2.75) is 6.92 Å². The molecule has 0 aliphatic heterocycles. The highest BCUT2D eigenvalue weighted by molar-refractivity contribution is 14.1. The smallest absolute Gasteiger partial charge is 0.319 e. The van der Waals surface area contributed by atoms with Crippen LogP contribution < -0.4 is 10.6 Å². The van der Waals surface area contributed by atoms with E-state index < -0.39 is 0 Å². The molecule has 0 atom stereocenters. The summed E-state index contributed by atoms with van der Waals surface area (Å²) in [4.78, 5) is 11.3. The highest BCUT2D eigenvalue weighted by atomic mass is 127. The molecular formula is C11H13IN2O. The van der Waals surface area contributed by atoms with Crippen molar-refractivity contribution in [3.8, 4) is 0 Å². The van der Waals surface area contributed by atoms with Gasteiger partial charge in [-0.05, 0) is 47.2 Å². The molecule has 4 heteroatoms. The molecule has 0 fully saturated rings. The summed E-state index contributed by atoms with van der Waals surface area (Å²) in [6.45, 7) is 6.02. The third-order valence-electron chi connectivity index (χ3n) is 1.84. The number of hydrogen-bond donors (Lipinski definition) is 2. The van der Waals surface area contributed by atoms with Crippen LogP contribution in [0.5, 0.6) is 0 Å². The first kappa shape index (κ1) is 12.0. The van der Waals surface area contributed by atoms with Gasteiger partial charge in [-0.25, -0.2) is 4.79 Å². The SMILES string of the molecule is C=CCNC(=O)Nc1ccc(C)c(I)c1. The first-order valence-electron chi connectivity index (χ1n) is 4.55. The number of hydrogen-bond acceptors (Lipinski definition) is 1. The molecule has 80 valence electrons. The maximum absolute atomic E-state index is 11.3. The van der Waals surface area contributed by atoms with Gasteiger partial charge in [0.05, 0.1) is 0 Å². The fourth-order valence-electron chi connectivity index (χ4n) is 1.01. The first-order valence-corrected chi connectivity index (χ1v) is 5.63.